The first kappa shape index (κ1) is 17.0. The second kappa shape index (κ2) is 6.58. The van der Waals surface area contributed by atoms with Crippen molar-refractivity contribution in [2.45, 2.75) is 46.0 Å². The van der Waals surface area contributed by atoms with E-state index in [0.29, 0.717) is 13.1 Å². The third-order valence-electron chi connectivity index (χ3n) is 5.13. The Morgan fingerprint density at radius 1 is 1.08 bits per heavy atom. The van der Waals surface area contributed by atoms with Crippen molar-refractivity contribution in [3.05, 3.63) is 35.4 Å². The average molecular weight is 327 g/mol. The van der Waals surface area contributed by atoms with Gasteiger partial charge < -0.3 is 4.90 Å². The number of piperidine rings is 1. The van der Waals surface area contributed by atoms with Crippen LogP contribution in [0.25, 0.3) is 0 Å². The highest BCUT2D eigenvalue weighted by Crippen LogP contribution is 2.24. The lowest BCUT2D eigenvalue weighted by atomic mass is 9.86. The van der Waals surface area contributed by atoms with E-state index in [1.54, 1.807) is 0 Å². The number of rotatable bonds is 1. The molecule has 1 fully saturated rings. The number of aliphatic imine (C=N–C) groups is 1. The lowest BCUT2D eigenvalue weighted by Crippen LogP contribution is -2.47. The van der Waals surface area contributed by atoms with Gasteiger partial charge in [0, 0.05) is 25.2 Å². The van der Waals surface area contributed by atoms with E-state index in [1.807, 2.05) is 17.0 Å². The summed E-state index contributed by atoms with van der Waals surface area (Å²) in [7, 11) is 0. The van der Waals surface area contributed by atoms with Crippen molar-refractivity contribution in [1.29, 1.82) is 0 Å². The van der Waals surface area contributed by atoms with Gasteiger partial charge in [0.25, 0.3) is 5.91 Å². The summed E-state index contributed by atoms with van der Waals surface area (Å²) in [5.74, 6) is 1.73. The van der Waals surface area contributed by atoms with Crippen LogP contribution in [0.5, 0.6) is 0 Å². The van der Waals surface area contributed by atoms with Crippen LogP contribution in [0, 0.1) is 5.92 Å². The summed E-state index contributed by atoms with van der Waals surface area (Å²) in [6.07, 6.45) is 2.36. The van der Waals surface area contributed by atoms with Gasteiger partial charge in [-0.25, -0.2) is 0 Å². The number of amides is 1. The van der Waals surface area contributed by atoms with Crippen LogP contribution in [0.1, 0.15) is 56.5 Å². The van der Waals surface area contributed by atoms with Crippen molar-refractivity contribution in [1.82, 2.24) is 9.80 Å². The van der Waals surface area contributed by atoms with E-state index in [4.69, 9.17) is 0 Å². The molecule has 0 saturated carbocycles. The average Bonchev–Trinajstić information content (AvgIpc) is 3.04. The molecule has 0 N–H and O–H groups in total. The number of hydrogen-bond donors (Lipinski definition) is 0. The number of carbonyl (C=O) groups excluding carboxylic acids is 1. The van der Waals surface area contributed by atoms with Gasteiger partial charge in [-0.15, -0.1) is 0 Å². The zero-order valence-electron chi connectivity index (χ0n) is 15.4. The third kappa shape index (κ3) is 3.47. The van der Waals surface area contributed by atoms with Crippen molar-refractivity contribution in [3.63, 3.8) is 0 Å². The molecule has 0 aromatic heterocycles. The minimum atomic E-state index is 0.0744. The second-order valence-corrected chi connectivity index (χ2v) is 8.14. The predicted octanol–water partition coefficient (Wildman–Crippen LogP) is 3.53. The van der Waals surface area contributed by atoms with Gasteiger partial charge >= 0.3 is 0 Å². The smallest absolute Gasteiger partial charge is 0.260 e. The Bertz CT molecular complexity index is 619. The number of guanidine groups is 1. The Kier molecular flexibility index (Phi) is 4.66. The molecule has 4 heteroatoms. The molecule has 130 valence electrons. The molecule has 1 amide bonds. The van der Waals surface area contributed by atoms with Gasteiger partial charge in [0.15, 0.2) is 0 Å². The van der Waals surface area contributed by atoms with Crippen molar-refractivity contribution in [2.75, 3.05) is 26.2 Å². The molecule has 2 heterocycles. The number of benzene rings is 1. The van der Waals surface area contributed by atoms with Crippen molar-refractivity contribution in [2.24, 2.45) is 10.9 Å². The van der Waals surface area contributed by atoms with Crippen LogP contribution >= 0.6 is 0 Å². The van der Waals surface area contributed by atoms with E-state index >= 15 is 0 Å². The Labute approximate surface area is 145 Å². The summed E-state index contributed by atoms with van der Waals surface area (Å²) in [5, 5.41) is 0. The predicted molar refractivity (Wildman–Crippen MR) is 98.5 cm³/mol. The molecule has 1 aromatic carbocycles. The topological polar surface area (TPSA) is 35.9 Å². The maximum Gasteiger partial charge on any atom is 0.260 e. The van der Waals surface area contributed by atoms with Crippen LogP contribution in [-0.4, -0.2) is 47.8 Å². The largest absolute Gasteiger partial charge is 0.342 e. The fourth-order valence-electron chi connectivity index (χ4n) is 3.38. The minimum absolute atomic E-state index is 0.0744. The molecule has 1 saturated heterocycles. The molecule has 0 radical (unpaired) electrons. The summed E-state index contributed by atoms with van der Waals surface area (Å²) < 4.78 is 0. The molecular weight excluding hydrogens is 298 g/mol. The van der Waals surface area contributed by atoms with E-state index in [1.165, 1.54) is 18.4 Å². The van der Waals surface area contributed by atoms with E-state index in [-0.39, 0.29) is 11.3 Å². The van der Waals surface area contributed by atoms with Crippen LogP contribution in [0.3, 0.4) is 0 Å². The molecule has 0 atom stereocenters. The van der Waals surface area contributed by atoms with Gasteiger partial charge in [0.05, 0.1) is 6.54 Å². The highest BCUT2D eigenvalue weighted by Gasteiger charge is 2.30. The van der Waals surface area contributed by atoms with Crippen LogP contribution in [-0.2, 0) is 5.41 Å². The Balaban J connectivity index is 1.73. The number of hydrogen-bond acceptors (Lipinski definition) is 3. The number of nitrogens with zero attached hydrogens (tertiary/aromatic N) is 3. The molecule has 0 bridgehead atoms. The van der Waals surface area contributed by atoms with E-state index < -0.39 is 0 Å². The van der Waals surface area contributed by atoms with E-state index in [9.17, 15) is 4.79 Å². The Hall–Kier alpha value is -1.84. The van der Waals surface area contributed by atoms with Crippen molar-refractivity contribution < 1.29 is 4.79 Å². The molecule has 24 heavy (non-hydrogen) atoms. The molecule has 2 aliphatic rings. The standard InChI is InChI=1S/C20H29N3O/c1-15-9-12-22(13-10-15)19-21-11-14-23(19)18(24)16-5-7-17(8-6-16)20(2,3)4/h5-8,15H,9-14H2,1-4H3. The maximum atomic E-state index is 12.9. The van der Waals surface area contributed by atoms with Crippen LogP contribution in [0.2, 0.25) is 0 Å². The van der Waals surface area contributed by atoms with Crippen LogP contribution < -0.4 is 0 Å². The van der Waals surface area contributed by atoms with Gasteiger partial charge in [-0.1, -0.05) is 39.8 Å². The lowest BCUT2D eigenvalue weighted by molar-refractivity contribution is 0.0839. The normalized spacial score (nSPS) is 19.6. The summed E-state index contributed by atoms with van der Waals surface area (Å²) in [6, 6.07) is 8.06. The first-order chi connectivity index (χ1) is 11.4. The van der Waals surface area contributed by atoms with Gasteiger partial charge in [0.2, 0.25) is 5.96 Å². The maximum absolute atomic E-state index is 12.9. The Morgan fingerprint density at radius 2 is 1.71 bits per heavy atom. The molecule has 4 nitrogen and oxygen atoms in total. The van der Waals surface area contributed by atoms with Crippen LogP contribution in [0.4, 0.5) is 0 Å². The summed E-state index contributed by atoms with van der Waals surface area (Å²) in [5.41, 5.74) is 2.11. The Morgan fingerprint density at radius 3 is 2.29 bits per heavy atom. The zero-order chi connectivity index (χ0) is 17.3. The number of carbonyl (C=O) groups is 1. The van der Waals surface area contributed by atoms with Gasteiger partial charge in [-0.05, 0) is 41.9 Å². The number of likely N-dealkylation sites (tertiary alicyclic amines) is 1. The van der Waals surface area contributed by atoms with Crippen LogP contribution in [0.15, 0.2) is 29.3 Å². The highest BCUT2D eigenvalue weighted by atomic mass is 16.2. The third-order valence-corrected chi connectivity index (χ3v) is 5.13. The quantitative estimate of drug-likeness (QED) is 0.791. The molecule has 1 aromatic rings. The SMILES string of the molecule is CC1CCN(C2=NCCN2C(=O)c2ccc(C(C)(C)C)cc2)CC1. The van der Waals surface area contributed by atoms with Crippen molar-refractivity contribution in [3.8, 4) is 0 Å². The molecule has 0 unspecified atom stereocenters. The van der Waals surface area contributed by atoms with Gasteiger partial charge in [0.1, 0.15) is 0 Å². The first-order valence-electron chi connectivity index (χ1n) is 9.08. The molecular formula is C20H29N3O. The first-order valence-corrected chi connectivity index (χ1v) is 9.08. The summed E-state index contributed by atoms with van der Waals surface area (Å²) >= 11 is 0. The lowest BCUT2D eigenvalue weighted by Gasteiger charge is -2.34. The fourth-order valence-corrected chi connectivity index (χ4v) is 3.38. The van der Waals surface area contributed by atoms with Crippen molar-refractivity contribution >= 4 is 11.9 Å². The monoisotopic (exact) mass is 327 g/mol. The second-order valence-electron chi connectivity index (χ2n) is 8.14. The molecule has 3 rings (SSSR count). The summed E-state index contributed by atoms with van der Waals surface area (Å²) in [6.45, 7) is 12.3. The van der Waals surface area contributed by atoms with Gasteiger partial charge in [-0.2, -0.15) is 0 Å². The molecule has 2 aliphatic heterocycles. The van der Waals surface area contributed by atoms with E-state index in [0.717, 1.165) is 30.5 Å². The van der Waals surface area contributed by atoms with Gasteiger partial charge in [-0.3, -0.25) is 14.7 Å². The minimum Gasteiger partial charge on any atom is -0.342 e. The summed E-state index contributed by atoms with van der Waals surface area (Å²) in [4.78, 5) is 21.7. The zero-order valence-corrected chi connectivity index (χ0v) is 15.4. The fraction of sp³-hybridized carbons (Fsp3) is 0.600. The van der Waals surface area contributed by atoms with E-state index in [2.05, 4.69) is 49.7 Å². The highest BCUT2D eigenvalue weighted by molar-refractivity contribution is 6.06. The molecule has 0 aliphatic carbocycles. The molecule has 0 spiro atoms.